The molecule has 1 saturated heterocycles. The third kappa shape index (κ3) is 2.19. The van der Waals surface area contributed by atoms with Gasteiger partial charge >= 0.3 is 0 Å². The van der Waals surface area contributed by atoms with E-state index in [1.54, 1.807) is 0 Å². The minimum atomic E-state index is 0.261. The van der Waals surface area contributed by atoms with Gasteiger partial charge in [-0.25, -0.2) is 0 Å². The second-order valence-electron chi connectivity index (χ2n) is 4.70. The van der Waals surface area contributed by atoms with E-state index in [1.165, 1.54) is 0 Å². The highest BCUT2D eigenvalue weighted by Gasteiger charge is 2.29. The van der Waals surface area contributed by atoms with Gasteiger partial charge in [-0.1, -0.05) is 0 Å². The van der Waals surface area contributed by atoms with Gasteiger partial charge in [0.05, 0.1) is 6.04 Å². The lowest BCUT2D eigenvalue weighted by Crippen LogP contribution is -2.42. The quantitative estimate of drug-likeness (QED) is 0.770. The number of carbonyl (C=O) groups excluding carboxylic acids is 1. The summed E-state index contributed by atoms with van der Waals surface area (Å²) in [6.07, 6.45) is 1.35. The highest BCUT2D eigenvalue weighted by Crippen LogP contribution is 2.27. The van der Waals surface area contributed by atoms with Crippen LogP contribution in [0.15, 0.2) is 16.5 Å². The topological polar surface area (TPSA) is 33.5 Å². The maximum absolute atomic E-state index is 11.3. The summed E-state index contributed by atoms with van der Waals surface area (Å²) in [5.74, 6) is 2.33. The van der Waals surface area contributed by atoms with Crippen LogP contribution in [0.3, 0.4) is 0 Å². The van der Waals surface area contributed by atoms with Crippen LogP contribution < -0.4 is 0 Å². The van der Waals surface area contributed by atoms with E-state index in [9.17, 15) is 4.79 Å². The summed E-state index contributed by atoms with van der Waals surface area (Å²) < 4.78 is 5.65. The predicted molar refractivity (Wildman–Crippen MR) is 62.3 cm³/mol. The number of hydrogen-bond donors (Lipinski definition) is 0. The number of nitrogens with zero attached hydrogens (tertiary/aromatic N) is 1. The molecule has 0 radical (unpaired) electrons. The van der Waals surface area contributed by atoms with Crippen LogP contribution in [0.5, 0.6) is 0 Å². The molecule has 0 amide bonds. The second kappa shape index (κ2) is 4.42. The van der Waals surface area contributed by atoms with Gasteiger partial charge in [0.25, 0.3) is 0 Å². The normalized spacial score (nSPS) is 24.7. The summed E-state index contributed by atoms with van der Waals surface area (Å²) in [5.41, 5.74) is 0. The van der Waals surface area contributed by atoms with Crippen LogP contribution >= 0.6 is 0 Å². The standard InChI is InChI=1S/C13H19NO2/c1-9-8-12(15)6-7-14(9)11(3)13-5-4-10(2)16-13/h4-5,9,11H,6-8H2,1-3H3. The predicted octanol–water partition coefficient (Wildman–Crippen LogP) is 2.70. The van der Waals surface area contributed by atoms with Gasteiger partial charge in [0, 0.05) is 25.4 Å². The molecule has 0 bridgehead atoms. The molecule has 1 aliphatic rings. The molecule has 1 aliphatic heterocycles. The van der Waals surface area contributed by atoms with Crippen molar-refractivity contribution in [3.8, 4) is 0 Å². The van der Waals surface area contributed by atoms with Crippen molar-refractivity contribution in [2.24, 2.45) is 0 Å². The van der Waals surface area contributed by atoms with Crippen molar-refractivity contribution < 1.29 is 9.21 Å². The number of ketones is 1. The summed E-state index contributed by atoms with van der Waals surface area (Å²) in [5, 5.41) is 0. The number of likely N-dealkylation sites (tertiary alicyclic amines) is 1. The number of rotatable bonds is 2. The van der Waals surface area contributed by atoms with Crippen molar-refractivity contribution in [3.05, 3.63) is 23.7 Å². The molecule has 2 rings (SSSR count). The summed E-state index contributed by atoms with van der Waals surface area (Å²) in [6.45, 7) is 7.06. The summed E-state index contributed by atoms with van der Waals surface area (Å²) in [7, 11) is 0. The molecule has 2 unspecified atom stereocenters. The highest BCUT2D eigenvalue weighted by molar-refractivity contribution is 5.79. The van der Waals surface area contributed by atoms with E-state index < -0.39 is 0 Å². The van der Waals surface area contributed by atoms with Crippen molar-refractivity contribution in [3.63, 3.8) is 0 Å². The number of furan rings is 1. The van der Waals surface area contributed by atoms with Crippen LogP contribution in [-0.2, 0) is 4.79 Å². The van der Waals surface area contributed by atoms with E-state index in [1.807, 2.05) is 19.1 Å². The molecule has 3 heteroatoms. The van der Waals surface area contributed by atoms with Crippen molar-refractivity contribution in [2.75, 3.05) is 6.54 Å². The first-order chi connectivity index (χ1) is 7.58. The minimum absolute atomic E-state index is 0.261. The average molecular weight is 221 g/mol. The lowest BCUT2D eigenvalue weighted by atomic mass is 10.00. The maximum atomic E-state index is 11.3. The molecule has 2 heterocycles. The molecule has 0 N–H and O–H groups in total. The molecule has 1 aromatic rings. The molecular formula is C13H19NO2. The van der Waals surface area contributed by atoms with Gasteiger partial charge in [-0.2, -0.15) is 0 Å². The summed E-state index contributed by atoms with van der Waals surface area (Å²) >= 11 is 0. The molecule has 1 aromatic heterocycles. The van der Waals surface area contributed by atoms with Crippen molar-refractivity contribution in [1.82, 2.24) is 4.90 Å². The van der Waals surface area contributed by atoms with Crippen molar-refractivity contribution >= 4 is 5.78 Å². The van der Waals surface area contributed by atoms with E-state index in [2.05, 4.69) is 18.7 Å². The van der Waals surface area contributed by atoms with Crippen molar-refractivity contribution in [1.29, 1.82) is 0 Å². The van der Waals surface area contributed by atoms with Crippen LogP contribution in [0.1, 0.15) is 44.3 Å². The van der Waals surface area contributed by atoms with E-state index in [4.69, 9.17) is 4.42 Å². The van der Waals surface area contributed by atoms with E-state index in [0.29, 0.717) is 24.7 Å². The van der Waals surface area contributed by atoms with Gasteiger partial charge in [-0.05, 0) is 32.9 Å². The van der Waals surface area contributed by atoms with E-state index in [-0.39, 0.29) is 6.04 Å². The highest BCUT2D eigenvalue weighted by atomic mass is 16.3. The zero-order chi connectivity index (χ0) is 11.7. The average Bonchev–Trinajstić information content (AvgIpc) is 2.64. The molecule has 2 atom stereocenters. The Hall–Kier alpha value is -1.09. The first-order valence-electron chi connectivity index (χ1n) is 5.91. The zero-order valence-corrected chi connectivity index (χ0v) is 10.2. The van der Waals surface area contributed by atoms with Gasteiger partial charge in [-0.15, -0.1) is 0 Å². The number of aryl methyl sites for hydroxylation is 1. The third-order valence-electron chi connectivity index (χ3n) is 3.41. The van der Waals surface area contributed by atoms with Crippen LogP contribution in [0.4, 0.5) is 0 Å². The smallest absolute Gasteiger partial charge is 0.135 e. The third-order valence-corrected chi connectivity index (χ3v) is 3.41. The van der Waals surface area contributed by atoms with Gasteiger partial charge in [-0.3, -0.25) is 9.69 Å². The number of Topliss-reactive ketones (excluding diaryl/α,β-unsaturated/α-hetero) is 1. The zero-order valence-electron chi connectivity index (χ0n) is 10.2. The summed E-state index contributed by atoms with van der Waals surface area (Å²) in [4.78, 5) is 13.7. The molecular weight excluding hydrogens is 202 g/mol. The molecule has 0 spiro atoms. The Bertz CT molecular complexity index is 383. The van der Waals surface area contributed by atoms with Gasteiger partial charge in [0.15, 0.2) is 0 Å². The molecule has 1 fully saturated rings. The second-order valence-corrected chi connectivity index (χ2v) is 4.70. The Morgan fingerprint density at radius 2 is 2.25 bits per heavy atom. The molecule has 3 nitrogen and oxygen atoms in total. The SMILES string of the molecule is Cc1ccc(C(C)N2CCC(=O)CC2C)o1. The van der Waals surface area contributed by atoms with Gasteiger partial charge in [0.1, 0.15) is 17.3 Å². The van der Waals surface area contributed by atoms with Crippen molar-refractivity contribution in [2.45, 2.75) is 45.7 Å². The lowest BCUT2D eigenvalue weighted by molar-refractivity contribution is -0.123. The summed E-state index contributed by atoms with van der Waals surface area (Å²) in [6, 6.07) is 4.60. The van der Waals surface area contributed by atoms with Crippen LogP contribution in [0.25, 0.3) is 0 Å². The largest absolute Gasteiger partial charge is 0.465 e. The van der Waals surface area contributed by atoms with Crippen LogP contribution in [0, 0.1) is 6.92 Å². The number of piperidine rings is 1. The number of carbonyl (C=O) groups is 1. The maximum Gasteiger partial charge on any atom is 0.135 e. The Balaban J connectivity index is 2.09. The first-order valence-corrected chi connectivity index (χ1v) is 5.91. The fourth-order valence-corrected chi connectivity index (χ4v) is 2.44. The molecule has 0 aliphatic carbocycles. The Labute approximate surface area is 96.4 Å². The molecule has 88 valence electrons. The minimum Gasteiger partial charge on any atom is -0.465 e. The molecule has 0 saturated carbocycles. The number of hydrogen-bond acceptors (Lipinski definition) is 3. The fraction of sp³-hybridized carbons (Fsp3) is 0.615. The van der Waals surface area contributed by atoms with Crippen LogP contribution in [0.2, 0.25) is 0 Å². The Kier molecular flexibility index (Phi) is 3.15. The monoisotopic (exact) mass is 221 g/mol. The molecule has 16 heavy (non-hydrogen) atoms. The Morgan fingerprint density at radius 1 is 1.50 bits per heavy atom. The fourth-order valence-electron chi connectivity index (χ4n) is 2.44. The first kappa shape index (κ1) is 11.4. The van der Waals surface area contributed by atoms with Gasteiger partial charge < -0.3 is 4.42 Å². The van der Waals surface area contributed by atoms with E-state index >= 15 is 0 Å². The lowest BCUT2D eigenvalue weighted by Gasteiger charge is -2.36. The van der Waals surface area contributed by atoms with Gasteiger partial charge in [0.2, 0.25) is 0 Å². The molecule has 0 aromatic carbocycles. The van der Waals surface area contributed by atoms with E-state index in [0.717, 1.165) is 18.1 Å². The Morgan fingerprint density at radius 3 is 2.81 bits per heavy atom. The van der Waals surface area contributed by atoms with Crippen LogP contribution in [-0.4, -0.2) is 23.3 Å².